The van der Waals surface area contributed by atoms with Crippen molar-refractivity contribution in [2.45, 2.75) is 16.8 Å². The molecule has 1 aromatic heterocycles. The number of carbonyl (C=O) groups is 2. The number of imide groups is 1. The highest BCUT2D eigenvalue weighted by Crippen LogP contribution is 2.36. The van der Waals surface area contributed by atoms with E-state index in [1.54, 1.807) is 6.08 Å². The van der Waals surface area contributed by atoms with E-state index in [9.17, 15) is 9.59 Å². The summed E-state index contributed by atoms with van der Waals surface area (Å²) >= 11 is 2.50. The molecule has 0 bridgehead atoms. The number of amidine groups is 1. The van der Waals surface area contributed by atoms with Crippen LogP contribution in [0.2, 0.25) is 0 Å². The van der Waals surface area contributed by atoms with Gasteiger partial charge < -0.3 is 0 Å². The van der Waals surface area contributed by atoms with Crippen LogP contribution in [0.5, 0.6) is 0 Å². The number of nitrogens with zero attached hydrogens (tertiary/aromatic N) is 2. The second-order valence-electron chi connectivity index (χ2n) is 6.07. The van der Waals surface area contributed by atoms with Gasteiger partial charge in [-0.15, -0.1) is 0 Å². The Bertz CT molecular complexity index is 1140. The van der Waals surface area contributed by atoms with E-state index in [2.05, 4.69) is 0 Å². The predicted octanol–water partition coefficient (Wildman–Crippen LogP) is 4.78. The molecule has 138 valence electrons. The molecule has 0 atom stereocenters. The van der Waals surface area contributed by atoms with Crippen LogP contribution in [0.1, 0.15) is 12.5 Å². The molecule has 28 heavy (non-hydrogen) atoms. The maximum atomic E-state index is 12.5. The van der Waals surface area contributed by atoms with Crippen LogP contribution in [0.15, 0.2) is 75.5 Å². The van der Waals surface area contributed by atoms with Crippen molar-refractivity contribution >= 4 is 57.5 Å². The lowest BCUT2D eigenvalue weighted by molar-refractivity contribution is -0.135. The number of benzene rings is 2. The van der Waals surface area contributed by atoms with Gasteiger partial charge in [-0.3, -0.25) is 15.0 Å². The molecule has 0 saturated carbocycles. The molecule has 2 heterocycles. The van der Waals surface area contributed by atoms with Crippen LogP contribution in [0.25, 0.3) is 17.0 Å². The minimum atomic E-state index is -0.466. The second-order valence-corrected chi connectivity index (χ2v) is 8.16. The monoisotopic (exact) mass is 405 g/mol. The first-order valence-electron chi connectivity index (χ1n) is 8.49. The van der Waals surface area contributed by atoms with Gasteiger partial charge in [0, 0.05) is 22.8 Å². The molecule has 0 unspecified atom stereocenters. The summed E-state index contributed by atoms with van der Waals surface area (Å²) in [6.45, 7) is 1.28. The Morgan fingerprint density at radius 2 is 1.86 bits per heavy atom. The summed E-state index contributed by atoms with van der Waals surface area (Å²) in [5.41, 5.74) is 1.65. The van der Waals surface area contributed by atoms with Crippen molar-refractivity contribution in [2.75, 3.05) is 0 Å². The molecule has 0 spiro atoms. The van der Waals surface area contributed by atoms with Gasteiger partial charge in [0.2, 0.25) is 5.91 Å². The van der Waals surface area contributed by atoms with Crippen molar-refractivity contribution in [3.05, 3.63) is 71.1 Å². The number of nitrogens with one attached hydrogen (secondary N) is 1. The fraction of sp³-hybridized carbons (Fsp3) is 0.0476. The van der Waals surface area contributed by atoms with Gasteiger partial charge >= 0.3 is 0 Å². The van der Waals surface area contributed by atoms with E-state index in [1.165, 1.54) is 18.7 Å². The largest absolute Gasteiger partial charge is 0.278 e. The van der Waals surface area contributed by atoms with Gasteiger partial charge in [0.15, 0.2) is 5.17 Å². The highest BCUT2D eigenvalue weighted by atomic mass is 32.2. The van der Waals surface area contributed by atoms with Crippen molar-refractivity contribution < 1.29 is 9.59 Å². The first-order valence-corrected chi connectivity index (χ1v) is 10.1. The van der Waals surface area contributed by atoms with Gasteiger partial charge in [-0.2, -0.15) is 0 Å². The Morgan fingerprint density at radius 1 is 1.14 bits per heavy atom. The highest BCUT2D eigenvalue weighted by molar-refractivity contribution is 8.18. The first-order chi connectivity index (χ1) is 13.5. The van der Waals surface area contributed by atoms with Gasteiger partial charge in [-0.05, 0) is 42.1 Å². The summed E-state index contributed by atoms with van der Waals surface area (Å²) in [5.74, 6) is -0.923. The smallest absolute Gasteiger partial charge is 0.273 e. The zero-order valence-electron chi connectivity index (χ0n) is 14.9. The number of amides is 2. The maximum absolute atomic E-state index is 12.5. The number of para-hydroxylation sites is 1. The molecule has 4 rings (SSSR count). The average Bonchev–Trinajstić information content (AvgIpc) is 2.96. The summed E-state index contributed by atoms with van der Waals surface area (Å²) in [7, 11) is 0. The number of rotatable bonds is 3. The van der Waals surface area contributed by atoms with E-state index in [4.69, 9.17) is 10.4 Å². The SMILES string of the molecule is CC(=O)N1C(=N)SC(=Cc2cc3ccccc3nc2Sc2ccccc2)C1=O. The Balaban J connectivity index is 1.81. The average molecular weight is 406 g/mol. The number of carbonyl (C=O) groups excluding carboxylic acids is 2. The fourth-order valence-corrected chi connectivity index (χ4v) is 4.59. The number of fused-ring (bicyclic) bond motifs is 1. The van der Waals surface area contributed by atoms with Crippen molar-refractivity contribution in [3.8, 4) is 0 Å². The quantitative estimate of drug-likeness (QED) is 0.635. The van der Waals surface area contributed by atoms with Crippen LogP contribution in [0.3, 0.4) is 0 Å². The molecule has 0 radical (unpaired) electrons. The summed E-state index contributed by atoms with van der Waals surface area (Å²) in [4.78, 5) is 31.2. The van der Waals surface area contributed by atoms with E-state index in [-0.39, 0.29) is 5.17 Å². The number of hydrogen-bond donors (Lipinski definition) is 1. The summed E-state index contributed by atoms with van der Waals surface area (Å²) in [6.07, 6.45) is 1.72. The van der Waals surface area contributed by atoms with Crippen molar-refractivity contribution in [2.24, 2.45) is 0 Å². The second kappa shape index (κ2) is 7.61. The third kappa shape index (κ3) is 3.58. The van der Waals surface area contributed by atoms with Crippen LogP contribution in [-0.4, -0.2) is 26.9 Å². The van der Waals surface area contributed by atoms with E-state index in [0.29, 0.717) is 4.91 Å². The summed E-state index contributed by atoms with van der Waals surface area (Å²) in [5, 5.41) is 9.56. The molecule has 1 fully saturated rings. The van der Waals surface area contributed by atoms with Crippen LogP contribution in [0, 0.1) is 5.41 Å². The molecular weight excluding hydrogens is 390 g/mol. The van der Waals surface area contributed by atoms with E-state index in [1.807, 2.05) is 60.7 Å². The number of pyridine rings is 1. The zero-order chi connectivity index (χ0) is 19.7. The minimum Gasteiger partial charge on any atom is -0.278 e. The molecule has 1 aliphatic heterocycles. The van der Waals surface area contributed by atoms with E-state index < -0.39 is 11.8 Å². The molecular formula is C21H15N3O2S2. The molecule has 5 nitrogen and oxygen atoms in total. The molecule has 7 heteroatoms. The van der Waals surface area contributed by atoms with Crippen molar-refractivity contribution in [1.29, 1.82) is 5.41 Å². The van der Waals surface area contributed by atoms with Gasteiger partial charge in [0.05, 0.1) is 10.4 Å². The van der Waals surface area contributed by atoms with Gasteiger partial charge in [-0.25, -0.2) is 9.88 Å². The van der Waals surface area contributed by atoms with Gasteiger partial charge in [-0.1, -0.05) is 48.2 Å². The topological polar surface area (TPSA) is 74.1 Å². The number of hydrogen-bond acceptors (Lipinski definition) is 6. The molecule has 3 aromatic rings. The Kier molecular flexibility index (Phi) is 5.02. The summed E-state index contributed by atoms with van der Waals surface area (Å²) < 4.78 is 0. The number of aromatic nitrogens is 1. The Hall–Kier alpha value is -2.90. The molecule has 1 N–H and O–H groups in total. The first kappa shape index (κ1) is 18.5. The molecule has 2 aromatic carbocycles. The molecule has 2 amide bonds. The van der Waals surface area contributed by atoms with Crippen molar-refractivity contribution in [3.63, 3.8) is 0 Å². The fourth-order valence-electron chi connectivity index (χ4n) is 2.81. The lowest BCUT2D eigenvalue weighted by Gasteiger charge is -2.09. The Morgan fingerprint density at radius 3 is 2.57 bits per heavy atom. The maximum Gasteiger partial charge on any atom is 0.273 e. The van der Waals surface area contributed by atoms with Crippen molar-refractivity contribution in [1.82, 2.24) is 9.88 Å². The number of thioether (sulfide) groups is 1. The minimum absolute atomic E-state index is 0.0743. The lowest BCUT2D eigenvalue weighted by Crippen LogP contribution is -2.32. The van der Waals surface area contributed by atoms with Gasteiger partial charge in [0.25, 0.3) is 5.91 Å². The predicted molar refractivity (Wildman–Crippen MR) is 113 cm³/mol. The summed E-state index contributed by atoms with van der Waals surface area (Å²) in [6, 6.07) is 19.7. The van der Waals surface area contributed by atoms with Crippen LogP contribution >= 0.6 is 23.5 Å². The van der Waals surface area contributed by atoms with E-state index in [0.717, 1.165) is 43.0 Å². The van der Waals surface area contributed by atoms with Gasteiger partial charge in [0.1, 0.15) is 5.03 Å². The van der Waals surface area contributed by atoms with Crippen LogP contribution < -0.4 is 0 Å². The zero-order valence-corrected chi connectivity index (χ0v) is 16.5. The molecule has 1 aliphatic rings. The highest BCUT2D eigenvalue weighted by Gasteiger charge is 2.35. The molecule has 1 saturated heterocycles. The third-order valence-electron chi connectivity index (χ3n) is 4.10. The van der Waals surface area contributed by atoms with Crippen LogP contribution in [-0.2, 0) is 9.59 Å². The Labute approximate surface area is 170 Å². The normalized spacial score (nSPS) is 15.6. The third-order valence-corrected chi connectivity index (χ3v) is 6.02. The standard InChI is InChI=1S/C21H15N3O2S2/c1-13(25)24-20(26)18(28-21(24)22)12-15-11-14-7-5-6-10-17(14)23-19(15)27-16-8-3-2-4-9-16/h2-12,22H,1H3. The van der Waals surface area contributed by atoms with Crippen LogP contribution in [0.4, 0.5) is 0 Å². The lowest BCUT2D eigenvalue weighted by atomic mass is 10.1. The van der Waals surface area contributed by atoms with E-state index >= 15 is 0 Å². The molecule has 0 aliphatic carbocycles.